The fourth-order valence-electron chi connectivity index (χ4n) is 3.68. The Kier molecular flexibility index (Phi) is 7.66. The molecular formula is C22H28BCl2NO. The highest BCUT2D eigenvalue weighted by Crippen LogP contribution is 2.17. The summed E-state index contributed by atoms with van der Waals surface area (Å²) in [5, 5.41) is 5.17. The summed E-state index contributed by atoms with van der Waals surface area (Å²) in [7, 11) is 0. The first-order valence-corrected chi connectivity index (χ1v) is 10.7. The average Bonchev–Trinajstić information content (AvgIpc) is 2.67. The van der Waals surface area contributed by atoms with Gasteiger partial charge in [-0.25, -0.2) is 0 Å². The van der Waals surface area contributed by atoms with Crippen LogP contribution in [-0.4, -0.2) is 26.1 Å². The Balaban J connectivity index is 1.70. The number of hydrogen-bond donors (Lipinski definition) is 1. The monoisotopic (exact) mass is 403 g/mol. The zero-order chi connectivity index (χ0) is 19.2. The molecule has 1 N–H and O–H groups in total. The van der Waals surface area contributed by atoms with Crippen LogP contribution in [0.25, 0.3) is 0 Å². The molecule has 1 aliphatic rings. The zero-order valence-corrected chi connectivity index (χ0v) is 17.7. The first kappa shape index (κ1) is 20.7. The van der Waals surface area contributed by atoms with E-state index in [1.165, 1.54) is 32.1 Å². The van der Waals surface area contributed by atoms with Crippen LogP contribution in [0.1, 0.15) is 43.2 Å². The summed E-state index contributed by atoms with van der Waals surface area (Å²) >= 11 is 12.7. The third kappa shape index (κ3) is 5.74. The maximum absolute atomic E-state index is 6.37. The molecule has 2 aromatic carbocycles. The number of rotatable bonds is 7. The van der Waals surface area contributed by atoms with Crippen LogP contribution in [0.15, 0.2) is 36.4 Å². The number of hydrogen-bond acceptors (Lipinski definition) is 2. The molecule has 0 spiro atoms. The van der Waals surface area contributed by atoms with E-state index in [9.17, 15) is 0 Å². The summed E-state index contributed by atoms with van der Waals surface area (Å²) in [5.74, 6) is 0. The molecule has 0 atom stereocenters. The van der Waals surface area contributed by atoms with Crippen LogP contribution in [0.3, 0.4) is 0 Å². The average molecular weight is 404 g/mol. The molecule has 3 rings (SSSR count). The van der Waals surface area contributed by atoms with Gasteiger partial charge in [-0.2, -0.15) is 0 Å². The first-order valence-electron chi connectivity index (χ1n) is 9.91. The van der Waals surface area contributed by atoms with Crippen molar-refractivity contribution < 1.29 is 4.65 Å². The second-order valence-electron chi connectivity index (χ2n) is 7.56. The van der Waals surface area contributed by atoms with Crippen LogP contribution in [0.5, 0.6) is 0 Å². The van der Waals surface area contributed by atoms with Gasteiger partial charge in [0, 0.05) is 29.2 Å². The van der Waals surface area contributed by atoms with Gasteiger partial charge in [0.25, 0.3) is 0 Å². The van der Waals surface area contributed by atoms with Gasteiger partial charge in [-0.3, -0.25) is 0 Å². The third-order valence-electron chi connectivity index (χ3n) is 5.42. The number of halogens is 2. The lowest BCUT2D eigenvalue weighted by molar-refractivity contribution is 0.298. The van der Waals surface area contributed by atoms with Crippen molar-refractivity contribution in [3.63, 3.8) is 0 Å². The zero-order valence-electron chi connectivity index (χ0n) is 16.2. The van der Waals surface area contributed by atoms with Gasteiger partial charge in [0.1, 0.15) is 0 Å². The molecule has 5 heteroatoms. The Labute approximate surface area is 173 Å². The van der Waals surface area contributed by atoms with E-state index in [1.54, 1.807) is 0 Å². The van der Waals surface area contributed by atoms with Crippen molar-refractivity contribution in [2.24, 2.45) is 0 Å². The molecule has 0 heterocycles. The van der Waals surface area contributed by atoms with Gasteiger partial charge in [-0.15, -0.1) is 0 Å². The van der Waals surface area contributed by atoms with E-state index in [4.69, 9.17) is 27.9 Å². The van der Waals surface area contributed by atoms with Gasteiger partial charge < -0.3 is 9.97 Å². The third-order valence-corrected chi connectivity index (χ3v) is 6.24. The van der Waals surface area contributed by atoms with E-state index in [0.29, 0.717) is 12.6 Å². The lowest BCUT2D eigenvalue weighted by atomic mass is 9.55. The van der Waals surface area contributed by atoms with Crippen molar-refractivity contribution in [2.45, 2.75) is 52.0 Å². The number of benzene rings is 2. The maximum Gasteiger partial charge on any atom is 0.361 e. The van der Waals surface area contributed by atoms with Crippen molar-refractivity contribution in [1.82, 2.24) is 5.32 Å². The van der Waals surface area contributed by atoms with Crippen LogP contribution >= 0.6 is 23.2 Å². The molecule has 2 aromatic rings. The molecule has 0 saturated heterocycles. The fourth-order valence-corrected chi connectivity index (χ4v) is 4.05. The van der Waals surface area contributed by atoms with Crippen LogP contribution in [0.4, 0.5) is 0 Å². The van der Waals surface area contributed by atoms with Gasteiger partial charge in [0.05, 0.1) is 0 Å². The molecule has 1 fully saturated rings. The minimum atomic E-state index is -0.172. The van der Waals surface area contributed by atoms with Crippen LogP contribution in [0.2, 0.25) is 10.0 Å². The van der Waals surface area contributed by atoms with E-state index in [2.05, 4.69) is 17.4 Å². The summed E-state index contributed by atoms with van der Waals surface area (Å²) in [6, 6.07) is 12.9. The number of aryl methyl sites for hydroxylation is 2. The Hall–Kier alpha value is -0.995. The Morgan fingerprint density at radius 1 is 0.926 bits per heavy atom. The molecule has 0 radical (unpaired) electrons. The van der Waals surface area contributed by atoms with Crippen molar-refractivity contribution in [3.05, 3.63) is 57.6 Å². The van der Waals surface area contributed by atoms with E-state index in [-0.39, 0.29) is 6.92 Å². The summed E-state index contributed by atoms with van der Waals surface area (Å²) in [6.07, 6.45) is 6.62. The SMILES string of the molecule is Cc1ccc(B(OCCNC2CCCCC2)c2ccc(C)c(Cl)c2)cc1Cl. The van der Waals surface area contributed by atoms with E-state index >= 15 is 0 Å². The quantitative estimate of drug-likeness (QED) is 0.536. The molecular weight excluding hydrogens is 376 g/mol. The van der Waals surface area contributed by atoms with Crippen LogP contribution < -0.4 is 16.2 Å². The predicted molar refractivity (Wildman–Crippen MR) is 118 cm³/mol. The number of nitrogens with one attached hydrogen (secondary N) is 1. The second-order valence-corrected chi connectivity index (χ2v) is 8.37. The van der Waals surface area contributed by atoms with Crippen molar-refractivity contribution in [1.29, 1.82) is 0 Å². The summed E-state index contributed by atoms with van der Waals surface area (Å²) < 4.78 is 6.32. The largest absolute Gasteiger partial charge is 0.426 e. The minimum absolute atomic E-state index is 0.172. The normalized spacial score (nSPS) is 15.1. The van der Waals surface area contributed by atoms with E-state index in [1.807, 2.05) is 38.1 Å². The maximum atomic E-state index is 6.37. The van der Waals surface area contributed by atoms with Crippen molar-refractivity contribution in [2.75, 3.05) is 13.2 Å². The Morgan fingerprint density at radius 3 is 2.00 bits per heavy atom. The van der Waals surface area contributed by atoms with Gasteiger partial charge in [0.2, 0.25) is 0 Å². The fraction of sp³-hybridized carbons (Fsp3) is 0.455. The highest BCUT2D eigenvalue weighted by Gasteiger charge is 2.23. The standard InChI is InChI=1S/C22H28BCl2NO/c1-16-8-10-18(14-21(16)24)23(19-11-9-17(2)22(25)15-19)27-13-12-26-20-6-4-3-5-7-20/h8-11,14-15,20,26H,3-7,12-13H2,1-2H3. The van der Waals surface area contributed by atoms with Crippen molar-refractivity contribution in [3.8, 4) is 0 Å². The molecule has 2 nitrogen and oxygen atoms in total. The van der Waals surface area contributed by atoms with Gasteiger partial charge in [-0.05, 0) is 60.9 Å². The molecule has 0 aromatic heterocycles. The van der Waals surface area contributed by atoms with E-state index < -0.39 is 0 Å². The van der Waals surface area contributed by atoms with Gasteiger partial charge >= 0.3 is 6.92 Å². The predicted octanol–water partition coefficient (Wildman–Crippen LogP) is 4.65. The first-order chi connectivity index (χ1) is 13.0. The van der Waals surface area contributed by atoms with Crippen LogP contribution in [-0.2, 0) is 4.65 Å². The Bertz CT molecular complexity index is 710. The highest BCUT2D eigenvalue weighted by molar-refractivity contribution is 6.80. The molecule has 0 aliphatic heterocycles. The summed E-state index contributed by atoms with van der Waals surface area (Å²) in [6.45, 7) is 5.37. The van der Waals surface area contributed by atoms with E-state index in [0.717, 1.165) is 38.6 Å². The van der Waals surface area contributed by atoms with Crippen LogP contribution in [0, 0.1) is 13.8 Å². The molecule has 0 bridgehead atoms. The second kappa shape index (κ2) is 9.98. The smallest absolute Gasteiger partial charge is 0.361 e. The minimum Gasteiger partial charge on any atom is -0.426 e. The molecule has 0 unspecified atom stereocenters. The molecule has 1 saturated carbocycles. The van der Waals surface area contributed by atoms with Gasteiger partial charge in [0.15, 0.2) is 0 Å². The lowest BCUT2D eigenvalue weighted by Gasteiger charge is -2.23. The highest BCUT2D eigenvalue weighted by atomic mass is 35.5. The van der Waals surface area contributed by atoms with Gasteiger partial charge in [-0.1, -0.05) is 66.7 Å². The molecule has 27 heavy (non-hydrogen) atoms. The summed E-state index contributed by atoms with van der Waals surface area (Å²) in [5.41, 5.74) is 4.26. The topological polar surface area (TPSA) is 21.3 Å². The molecule has 0 amide bonds. The van der Waals surface area contributed by atoms with Crippen molar-refractivity contribution >= 4 is 41.0 Å². The molecule has 1 aliphatic carbocycles. The Morgan fingerprint density at radius 2 is 1.48 bits per heavy atom. The summed E-state index contributed by atoms with van der Waals surface area (Å²) in [4.78, 5) is 0. The lowest BCUT2D eigenvalue weighted by Crippen LogP contribution is -2.46. The molecule has 144 valence electrons.